The zero-order chi connectivity index (χ0) is 16.2. The Morgan fingerprint density at radius 2 is 2.13 bits per heavy atom. The number of nitrogens with one attached hydrogen (secondary N) is 1. The summed E-state index contributed by atoms with van der Waals surface area (Å²) in [6.45, 7) is 2.83. The van der Waals surface area contributed by atoms with Crippen molar-refractivity contribution >= 4 is 35.1 Å². The maximum Gasteiger partial charge on any atom is 0.323 e. The number of carbonyl (C=O) groups is 1. The second-order valence-electron chi connectivity index (χ2n) is 5.41. The Hall–Kier alpha value is -1.65. The van der Waals surface area contributed by atoms with Crippen LogP contribution in [0.25, 0.3) is 0 Å². The first-order chi connectivity index (χ1) is 11.2. The van der Waals surface area contributed by atoms with Crippen molar-refractivity contribution in [3.05, 3.63) is 64.7 Å². The van der Waals surface area contributed by atoms with E-state index in [1.54, 1.807) is 11.8 Å². The molecule has 1 aliphatic heterocycles. The van der Waals surface area contributed by atoms with Crippen LogP contribution >= 0.6 is 23.4 Å². The van der Waals surface area contributed by atoms with Crippen LogP contribution in [0.5, 0.6) is 0 Å². The molecule has 1 atom stereocenters. The minimum absolute atomic E-state index is 0.0162. The van der Waals surface area contributed by atoms with E-state index in [9.17, 15) is 4.79 Å². The first-order valence-corrected chi connectivity index (χ1v) is 9.14. The Bertz CT molecular complexity index is 707. The standard InChI is InChI=1S/C18H19ClN2OS/c1-2-13-6-3-4-9-16(13)20-18(22)21-10-11-23-17(21)14-7-5-8-15(19)12-14/h3-9,12,17H,2,10-11H2,1H3,(H,20,22)/t17-/m0/s1. The van der Waals surface area contributed by atoms with Crippen LogP contribution in [0, 0.1) is 0 Å². The van der Waals surface area contributed by atoms with Crippen molar-refractivity contribution < 1.29 is 4.79 Å². The van der Waals surface area contributed by atoms with Crippen molar-refractivity contribution in [2.45, 2.75) is 18.7 Å². The molecule has 0 aromatic heterocycles. The number of thioether (sulfide) groups is 1. The van der Waals surface area contributed by atoms with Crippen LogP contribution < -0.4 is 5.32 Å². The molecule has 0 spiro atoms. The molecule has 1 N–H and O–H groups in total. The lowest BCUT2D eigenvalue weighted by Crippen LogP contribution is -2.34. The van der Waals surface area contributed by atoms with E-state index < -0.39 is 0 Å². The molecule has 1 aliphatic rings. The monoisotopic (exact) mass is 346 g/mol. The van der Waals surface area contributed by atoms with Crippen LogP contribution in [0.4, 0.5) is 10.5 Å². The van der Waals surface area contributed by atoms with Crippen molar-refractivity contribution in [2.24, 2.45) is 0 Å². The molecule has 1 heterocycles. The van der Waals surface area contributed by atoms with E-state index in [1.165, 1.54) is 0 Å². The topological polar surface area (TPSA) is 32.3 Å². The number of amides is 2. The number of hydrogen-bond acceptors (Lipinski definition) is 2. The predicted molar refractivity (Wildman–Crippen MR) is 98.2 cm³/mol. The van der Waals surface area contributed by atoms with E-state index in [4.69, 9.17) is 11.6 Å². The van der Waals surface area contributed by atoms with Gasteiger partial charge in [0.25, 0.3) is 0 Å². The number of carbonyl (C=O) groups excluding carboxylic acids is 1. The predicted octanol–water partition coefficient (Wildman–Crippen LogP) is 5.18. The van der Waals surface area contributed by atoms with Crippen LogP contribution in [0.3, 0.4) is 0 Å². The molecular formula is C18H19ClN2OS. The van der Waals surface area contributed by atoms with E-state index in [2.05, 4.69) is 12.2 Å². The summed E-state index contributed by atoms with van der Waals surface area (Å²) in [6.07, 6.45) is 0.892. The number of aryl methyl sites for hydroxylation is 1. The van der Waals surface area contributed by atoms with Gasteiger partial charge in [-0.2, -0.15) is 0 Å². The number of hydrogen-bond donors (Lipinski definition) is 1. The van der Waals surface area contributed by atoms with Gasteiger partial charge in [-0.15, -0.1) is 11.8 Å². The highest BCUT2D eigenvalue weighted by atomic mass is 35.5. The number of anilines is 1. The number of para-hydroxylation sites is 1. The van der Waals surface area contributed by atoms with Gasteiger partial charge >= 0.3 is 6.03 Å². The summed E-state index contributed by atoms with van der Waals surface area (Å²) in [6, 6.07) is 15.6. The van der Waals surface area contributed by atoms with Crippen LogP contribution in [0.1, 0.15) is 23.4 Å². The average molecular weight is 347 g/mol. The summed E-state index contributed by atoms with van der Waals surface area (Å²) in [7, 11) is 0. The molecule has 2 aromatic rings. The fourth-order valence-electron chi connectivity index (χ4n) is 2.75. The molecule has 2 amide bonds. The lowest BCUT2D eigenvalue weighted by atomic mass is 10.1. The highest BCUT2D eigenvalue weighted by molar-refractivity contribution is 7.99. The minimum Gasteiger partial charge on any atom is -0.308 e. The molecule has 1 saturated heterocycles. The Morgan fingerprint density at radius 3 is 2.91 bits per heavy atom. The maximum absolute atomic E-state index is 12.7. The minimum atomic E-state index is -0.0547. The Kier molecular flexibility index (Phi) is 5.13. The highest BCUT2D eigenvalue weighted by Crippen LogP contribution is 2.38. The van der Waals surface area contributed by atoms with Gasteiger partial charge in [0, 0.05) is 23.0 Å². The van der Waals surface area contributed by atoms with Crippen LogP contribution in [0.2, 0.25) is 5.02 Å². The molecule has 0 saturated carbocycles. The zero-order valence-electron chi connectivity index (χ0n) is 13.0. The fourth-order valence-corrected chi connectivity index (χ4v) is 4.20. The van der Waals surface area contributed by atoms with Crippen molar-refractivity contribution in [1.29, 1.82) is 0 Å². The van der Waals surface area contributed by atoms with Crippen LogP contribution in [-0.4, -0.2) is 23.2 Å². The number of nitrogens with zero attached hydrogens (tertiary/aromatic N) is 1. The summed E-state index contributed by atoms with van der Waals surface area (Å²) in [5.74, 6) is 0.931. The molecule has 1 fully saturated rings. The molecule has 0 unspecified atom stereocenters. The molecule has 0 radical (unpaired) electrons. The first kappa shape index (κ1) is 16.2. The van der Waals surface area contributed by atoms with Crippen molar-refractivity contribution in [1.82, 2.24) is 4.90 Å². The first-order valence-electron chi connectivity index (χ1n) is 7.71. The molecule has 3 nitrogen and oxygen atoms in total. The largest absolute Gasteiger partial charge is 0.323 e. The van der Waals surface area contributed by atoms with Crippen LogP contribution in [-0.2, 0) is 6.42 Å². The normalized spacial score (nSPS) is 17.3. The van der Waals surface area contributed by atoms with Gasteiger partial charge < -0.3 is 10.2 Å². The molecule has 5 heteroatoms. The lowest BCUT2D eigenvalue weighted by Gasteiger charge is -2.25. The van der Waals surface area contributed by atoms with E-state index in [-0.39, 0.29) is 11.4 Å². The smallest absolute Gasteiger partial charge is 0.308 e. The van der Waals surface area contributed by atoms with Gasteiger partial charge in [0.1, 0.15) is 5.37 Å². The second-order valence-corrected chi connectivity index (χ2v) is 7.04. The van der Waals surface area contributed by atoms with E-state index in [0.29, 0.717) is 5.02 Å². The highest BCUT2D eigenvalue weighted by Gasteiger charge is 2.31. The lowest BCUT2D eigenvalue weighted by molar-refractivity contribution is 0.214. The number of rotatable bonds is 3. The summed E-state index contributed by atoms with van der Waals surface area (Å²) < 4.78 is 0. The second kappa shape index (κ2) is 7.28. The van der Waals surface area contributed by atoms with Crippen molar-refractivity contribution in [3.63, 3.8) is 0 Å². The van der Waals surface area contributed by atoms with Gasteiger partial charge in [-0.1, -0.05) is 48.9 Å². The Morgan fingerprint density at radius 1 is 1.30 bits per heavy atom. The quantitative estimate of drug-likeness (QED) is 0.830. The van der Waals surface area contributed by atoms with E-state index in [1.807, 2.05) is 53.4 Å². The van der Waals surface area contributed by atoms with Crippen molar-refractivity contribution in [3.8, 4) is 0 Å². The summed E-state index contributed by atoms with van der Waals surface area (Å²) in [5, 5.41) is 3.78. The Labute approximate surface area is 146 Å². The molecular weight excluding hydrogens is 328 g/mol. The SMILES string of the molecule is CCc1ccccc1NC(=O)N1CCS[C@H]1c1cccc(Cl)c1. The molecule has 120 valence electrons. The third kappa shape index (κ3) is 3.65. The van der Waals surface area contributed by atoms with E-state index in [0.717, 1.165) is 35.5 Å². The van der Waals surface area contributed by atoms with Gasteiger partial charge in [-0.05, 0) is 35.7 Å². The van der Waals surface area contributed by atoms with Gasteiger partial charge in [-0.3, -0.25) is 0 Å². The third-order valence-corrected chi connectivity index (χ3v) is 5.42. The van der Waals surface area contributed by atoms with Gasteiger partial charge in [-0.25, -0.2) is 4.79 Å². The van der Waals surface area contributed by atoms with Gasteiger partial charge in [0.2, 0.25) is 0 Å². The third-order valence-electron chi connectivity index (χ3n) is 3.93. The fraction of sp³-hybridized carbons (Fsp3) is 0.278. The molecule has 23 heavy (non-hydrogen) atoms. The molecule has 0 bridgehead atoms. The average Bonchev–Trinajstić information content (AvgIpc) is 3.05. The molecule has 2 aromatic carbocycles. The molecule has 3 rings (SSSR count). The van der Waals surface area contributed by atoms with Crippen molar-refractivity contribution in [2.75, 3.05) is 17.6 Å². The Balaban J connectivity index is 1.78. The van der Waals surface area contributed by atoms with Crippen LogP contribution in [0.15, 0.2) is 48.5 Å². The van der Waals surface area contributed by atoms with Gasteiger partial charge in [0.15, 0.2) is 0 Å². The summed E-state index contributed by atoms with van der Waals surface area (Å²) in [4.78, 5) is 14.6. The number of halogens is 1. The number of benzene rings is 2. The van der Waals surface area contributed by atoms with Gasteiger partial charge in [0.05, 0.1) is 0 Å². The summed E-state index contributed by atoms with van der Waals surface area (Å²) in [5.41, 5.74) is 3.10. The molecule has 0 aliphatic carbocycles. The maximum atomic E-state index is 12.7. The summed E-state index contributed by atoms with van der Waals surface area (Å²) >= 11 is 7.86. The zero-order valence-corrected chi connectivity index (χ0v) is 14.5. The number of urea groups is 1. The van der Waals surface area contributed by atoms with E-state index >= 15 is 0 Å².